The first-order valence-electron chi connectivity index (χ1n) is 13.8. The molecule has 4 rings (SSSR count). The summed E-state index contributed by atoms with van der Waals surface area (Å²) in [5.74, 6) is 0.901. The Morgan fingerprint density at radius 3 is 1.93 bits per heavy atom. The average molecular weight is 602 g/mol. The first kappa shape index (κ1) is 31.1. The van der Waals surface area contributed by atoms with E-state index in [1.165, 1.54) is 17.0 Å². The molecule has 0 fully saturated rings. The van der Waals surface area contributed by atoms with Crippen LogP contribution in [0, 0.1) is 0 Å². The number of para-hydroxylation sites is 1. The minimum Gasteiger partial charge on any atom is -0.497 e. The van der Waals surface area contributed by atoms with Gasteiger partial charge in [-0.15, -0.1) is 0 Å². The molecule has 1 N–H and O–H groups in total. The molecule has 4 aromatic carbocycles. The number of nitrogens with zero attached hydrogens (tertiary/aromatic N) is 2. The highest BCUT2D eigenvalue weighted by molar-refractivity contribution is 7.92. The number of benzene rings is 4. The summed E-state index contributed by atoms with van der Waals surface area (Å²) in [7, 11) is -2.60. The Hall–Kier alpha value is -4.83. The first-order valence-corrected chi connectivity index (χ1v) is 15.3. The van der Waals surface area contributed by atoms with Crippen molar-refractivity contribution in [1.82, 2.24) is 10.2 Å². The van der Waals surface area contributed by atoms with Gasteiger partial charge in [0.05, 0.1) is 17.7 Å². The molecule has 1 unspecified atom stereocenters. The molecule has 10 heteroatoms. The van der Waals surface area contributed by atoms with Gasteiger partial charge in [-0.25, -0.2) is 8.42 Å². The van der Waals surface area contributed by atoms with E-state index in [9.17, 15) is 18.0 Å². The third-order valence-corrected chi connectivity index (χ3v) is 8.53. The van der Waals surface area contributed by atoms with Gasteiger partial charge in [0, 0.05) is 13.1 Å². The summed E-state index contributed by atoms with van der Waals surface area (Å²) in [5.41, 5.74) is 1.03. The minimum absolute atomic E-state index is 0.0332. The Balaban J connectivity index is 1.68. The Morgan fingerprint density at radius 1 is 0.791 bits per heavy atom. The van der Waals surface area contributed by atoms with E-state index in [1.54, 1.807) is 87.7 Å². The molecule has 0 aliphatic heterocycles. The normalized spacial score (nSPS) is 11.7. The molecule has 0 bridgehead atoms. The second-order valence-electron chi connectivity index (χ2n) is 9.67. The van der Waals surface area contributed by atoms with Crippen molar-refractivity contribution in [3.05, 3.63) is 115 Å². The van der Waals surface area contributed by atoms with Gasteiger partial charge in [0.2, 0.25) is 11.8 Å². The number of likely N-dealkylation sites (N-methyl/N-ethyl adjacent to an activating group) is 1. The number of sulfonamides is 1. The molecule has 9 nitrogen and oxygen atoms in total. The Bertz CT molecular complexity index is 1600. The number of carbonyl (C=O) groups excluding carboxylic acids is 2. The summed E-state index contributed by atoms with van der Waals surface area (Å²) in [5, 5.41) is 2.75. The lowest BCUT2D eigenvalue weighted by atomic mass is 10.1. The zero-order valence-electron chi connectivity index (χ0n) is 24.3. The maximum absolute atomic E-state index is 14.0. The molecule has 0 spiro atoms. The van der Waals surface area contributed by atoms with Crippen LogP contribution in [0.15, 0.2) is 114 Å². The highest BCUT2D eigenvalue weighted by Gasteiger charge is 2.32. The monoisotopic (exact) mass is 601 g/mol. The number of amides is 2. The van der Waals surface area contributed by atoms with Crippen molar-refractivity contribution in [2.75, 3.05) is 24.5 Å². The minimum atomic E-state index is -4.16. The van der Waals surface area contributed by atoms with E-state index in [0.717, 1.165) is 9.87 Å². The number of carbonyl (C=O) groups is 2. The average Bonchev–Trinajstić information content (AvgIpc) is 3.03. The van der Waals surface area contributed by atoms with Gasteiger partial charge in [-0.3, -0.25) is 13.9 Å². The van der Waals surface area contributed by atoms with Crippen molar-refractivity contribution in [2.24, 2.45) is 0 Å². The third-order valence-electron chi connectivity index (χ3n) is 6.74. The summed E-state index contributed by atoms with van der Waals surface area (Å²) in [6.45, 7) is 3.36. The molecule has 0 saturated heterocycles. The van der Waals surface area contributed by atoms with Crippen LogP contribution in [0.4, 0.5) is 5.69 Å². The summed E-state index contributed by atoms with van der Waals surface area (Å²) in [4.78, 5) is 28.3. The molecule has 0 radical (unpaired) electrons. The van der Waals surface area contributed by atoms with E-state index in [2.05, 4.69) is 5.32 Å². The largest absolute Gasteiger partial charge is 0.497 e. The van der Waals surface area contributed by atoms with Crippen molar-refractivity contribution in [3.8, 4) is 17.2 Å². The zero-order chi connectivity index (χ0) is 30.8. The number of anilines is 1. The van der Waals surface area contributed by atoms with Gasteiger partial charge < -0.3 is 19.7 Å². The summed E-state index contributed by atoms with van der Waals surface area (Å²) in [6.07, 6.45) is 0. The predicted octanol–water partition coefficient (Wildman–Crippen LogP) is 5.24. The molecule has 0 saturated carbocycles. The zero-order valence-corrected chi connectivity index (χ0v) is 25.2. The molecular weight excluding hydrogens is 566 g/mol. The van der Waals surface area contributed by atoms with Crippen molar-refractivity contribution in [1.29, 1.82) is 0 Å². The third kappa shape index (κ3) is 7.92. The number of hydrogen-bond acceptors (Lipinski definition) is 6. The molecule has 2 amide bonds. The highest BCUT2D eigenvalue weighted by Crippen LogP contribution is 2.28. The quantitative estimate of drug-likeness (QED) is 0.225. The molecule has 0 aliphatic carbocycles. The molecule has 4 aromatic rings. The molecule has 0 heterocycles. The Morgan fingerprint density at radius 2 is 1.35 bits per heavy atom. The lowest BCUT2D eigenvalue weighted by Crippen LogP contribution is -2.51. The van der Waals surface area contributed by atoms with Gasteiger partial charge in [-0.05, 0) is 80.1 Å². The molecule has 43 heavy (non-hydrogen) atoms. The molecule has 224 valence electrons. The van der Waals surface area contributed by atoms with Gasteiger partial charge >= 0.3 is 0 Å². The van der Waals surface area contributed by atoms with Crippen molar-refractivity contribution >= 4 is 27.5 Å². The van der Waals surface area contributed by atoms with Gasteiger partial charge in [0.25, 0.3) is 10.0 Å². The number of ether oxygens (including phenoxy) is 2. The van der Waals surface area contributed by atoms with Crippen LogP contribution in [0.2, 0.25) is 0 Å². The van der Waals surface area contributed by atoms with E-state index in [0.29, 0.717) is 23.8 Å². The lowest BCUT2D eigenvalue weighted by Gasteiger charge is -2.32. The predicted molar refractivity (Wildman–Crippen MR) is 166 cm³/mol. The van der Waals surface area contributed by atoms with E-state index in [4.69, 9.17) is 9.47 Å². The van der Waals surface area contributed by atoms with Crippen LogP contribution in [-0.2, 0) is 26.2 Å². The summed E-state index contributed by atoms with van der Waals surface area (Å²) < 4.78 is 40.0. The fraction of sp³-hybridized carbons (Fsp3) is 0.212. The van der Waals surface area contributed by atoms with Gasteiger partial charge in [-0.2, -0.15) is 0 Å². The topological polar surface area (TPSA) is 105 Å². The number of hydrogen-bond donors (Lipinski definition) is 1. The number of nitrogens with one attached hydrogen (secondary N) is 1. The van der Waals surface area contributed by atoms with Crippen molar-refractivity contribution in [3.63, 3.8) is 0 Å². The van der Waals surface area contributed by atoms with E-state index in [1.807, 2.05) is 30.3 Å². The van der Waals surface area contributed by atoms with Crippen LogP contribution in [0.1, 0.15) is 19.4 Å². The standard InChI is InChI=1S/C33H35N3O6S/c1-4-34-33(38)25(2)35(23-26-15-19-28(41-3)20-16-26)32(37)24-36(43(39,40)31-13-9-6-10-14-31)27-17-21-30(22-18-27)42-29-11-7-5-8-12-29/h5-22,25H,4,23-24H2,1-3H3,(H,34,38). The second kappa shape index (κ2) is 14.4. The molecule has 0 aromatic heterocycles. The van der Waals surface area contributed by atoms with E-state index >= 15 is 0 Å². The summed E-state index contributed by atoms with van der Waals surface area (Å²) >= 11 is 0. The maximum Gasteiger partial charge on any atom is 0.264 e. The van der Waals surface area contributed by atoms with Crippen molar-refractivity contribution < 1.29 is 27.5 Å². The number of rotatable bonds is 13. The Kier molecular flexibility index (Phi) is 10.4. The lowest BCUT2D eigenvalue weighted by molar-refractivity contribution is -0.139. The summed E-state index contributed by atoms with van der Waals surface area (Å²) in [6, 6.07) is 29.9. The number of methoxy groups -OCH3 is 1. The van der Waals surface area contributed by atoms with Crippen LogP contribution in [0.25, 0.3) is 0 Å². The fourth-order valence-corrected chi connectivity index (χ4v) is 5.82. The van der Waals surface area contributed by atoms with Crippen LogP contribution < -0.4 is 19.1 Å². The second-order valence-corrected chi connectivity index (χ2v) is 11.5. The van der Waals surface area contributed by atoms with Gasteiger partial charge in [0.1, 0.15) is 29.8 Å². The molecule has 1 atom stereocenters. The molecule has 0 aliphatic rings. The fourth-order valence-electron chi connectivity index (χ4n) is 4.39. The SMILES string of the molecule is CCNC(=O)C(C)N(Cc1ccc(OC)cc1)C(=O)CN(c1ccc(Oc2ccccc2)cc1)S(=O)(=O)c1ccccc1. The molecular formula is C33H35N3O6S. The van der Waals surface area contributed by atoms with Crippen LogP contribution in [0.5, 0.6) is 17.2 Å². The maximum atomic E-state index is 14.0. The Labute approximate surface area is 252 Å². The van der Waals surface area contributed by atoms with Gasteiger partial charge in [-0.1, -0.05) is 48.5 Å². The first-order chi connectivity index (χ1) is 20.7. The van der Waals surface area contributed by atoms with Crippen LogP contribution >= 0.6 is 0 Å². The van der Waals surface area contributed by atoms with E-state index < -0.39 is 28.5 Å². The van der Waals surface area contributed by atoms with E-state index in [-0.39, 0.29) is 23.0 Å². The highest BCUT2D eigenvalue weighted by atomic mass is 32.2. The van der Waals surface area contributed by atoms with Crippen molar-refractivity contribution in [2.45, 2.75) is 31.3 Å². The smallest absolute Gasteiger partial charge is 0.264 e. The van der Waals surface area contributed by atoms with Crippen LogP contribution in [0.3, 0.4) is 0 Å². The van der Waals surface area contributed by atoms with Crippen LogP contribution in [-0.4, -0.2) is 51.4 Å². The van der Waals surface area contributed by atoms with Gasteiger partial charge in [0.15, 0.2) is 0 Å².